The van der Waals surface area contributed by atoms with Gasteiger partial charge in [-0.05, 0) is 36.6 Å². The molecular weight excluding hydrogens is 294 g/mol. The van der Waals surface area contributed by atoms with Gasteiger partial charge in [-0.1, -0.05) is 13.3 Å². The zero-order chi connectivity index (χ0) is 16.6. The van der Waals surface area contributed by atoms with Crippen LogP contribution in [0.4, 0.5) is 0 Å². The predicted octanol–water partition coefficient (Wildman–Crippen LogP) is 2.66. The normalized spacial score (nSPS) is 18.0. The molecule has 0 saturated carbocycles. The Morgan fingerprint density at radius 3 is 2.74 bits per heavy atom. The second-order valence-electron chi connectivity index (χ2n) is 6.13. The van der Waals surface area contributed by atoms with Crippen molar-refractivity contribution < 1.29 is 13.9 Å². The van der Waals surface area contributed by atoms with Gasteiger partial charge in [0.05, 0.1) is 5.39 Å². The molecule has 0 bridgehead atoms. The number of hydrogen-bond acceptors (Lipinski definition) is 4. The van der Waals surface area contributed by atoms with Crippen LogP contribution in [0.1, 0.15) is 30.9 Å². The smallest absolute Gasteiger partial charge is 0.336 e. The Hall–Kier alpha value is -2.30. The lowest BCUT2D eigenvalue weighted by atomic mass is 10.0. The molecule has 1 atom stereocenters. The van der Waals surface area contributed by atoms with Crippen LogP contribution in [0.5, 0.6) is 5.75 Å². The number of likely N-dealkylation sites (N-methyl/N-ethyl adjacent to an activating group) is 1. The number of nitrogens with zero attached hydrogens (tertiary/aromatic N) is 1. The third kappa shape index (κ3) is 2.96. The third-order valence-electron chi connectivity index (χ3n) is 4.20. The van der Waals surface area contributed by atoms with Crippen LogP contribution in [0.25, 0.3) is 11.0 Å². The van der Waals surface area contributed by atoms with Crippen molar-refractivity contribution >= 4 is 16.9 Å². The van der Waals surface area contributed by atoms with E-state index in [9.17, 15) is 9.59 Å². The number of likely N-dealkylation sites (tertiary alicyclic amines) is 1. The Balaban J connectivity index is 2.11. The molecule has 122 valence electrons. The molecule has 3 rings (SSSR count). The van der Waals surface area contributed by atoms with E-state index < -0.39 is 6.10 Å². The van der Waals surface area contributed by atoms with Gasteiger partial charge in [0.2, 0.25) is 0 Å². The van der Waals surface area contributed by atoms with Crippen LogP contribution in [-0.2, 0) is 11.2 Å². The van der Waals surface area contributed by atoms with Crippen molar-refractivity contribution in [3.8, 4) is 5.75 Å². The number of rotatable bonds is 4. The van der Waals surface area contributed by atoms with Gasteiger partial charge in [0.1, 0.15) is 11.3 Å². The van der Waals surface area contributed by atoms with Crippen LogP contribution in [-0.4, -0.2) is 30.5 Å². The minimum Gasteiger partial charge on any atom is -0.480 e. The fourth-order valence-corrected chi connectivity index (χ4v) is 3.08. The fourth-order valence-electron chi connectivity index (χ4n) is 3.08. The van der Waals surface area contributed by atoms with Gasteiger partial charge < -0.3 is 14.1 Å². The molecule has 1 fully saturated rings. The van der Waals surface area contributed by atoms with E-state index in [2.05, 4.69) is 6.92 Å². The second kappa shape index (κ2) is 6.07. The van der Waals surface area contributed by atoms with E-state index in [1.54, 1.807) is 11.9 Å². The summed E-state index contributed by atoms with van der Waals surface area (Å²) in [6, 6.07) is 5.27. The van der Waals surface area contributed by atoms with E-state index in [-0.39, 0.29) is 11.5 Å². The minimum absolute atomic E-state index is 0.00548. The Kier molecular flexibility index (Phi) is 4.11. The maximum atomic E-state index is 12.1. The van der Waals surface area contributed by atoms with E-state index in [1.807, 2.05) is 19.1 Å². The first kappa shape index (κ1) is 15.6. The zero-order valence-corrected chi connectivity index (χ0v) is 13.7. The van der Waals surface area contributed by atoms with Gasteiger partial charge in [-0.25, -0.2) is 4.79 Å². The van der Waals surface area contributed by atoms with Gasteiger partial charge in [-0.2, -0.15) is 0 Å². The van der Waals surface area contributed by atoms with Gasteiger partial charge >= 0.3 is 5.63 Å². The van der Waals surface area contributed by atoms with E-state index in [4.69, 9.17) is 9.15 Å². The van der Waals surface area contributed by atoms with Gasteiger partial charge in [0.15, 0.2) is 6.10 Å². The largest absolute Gasteiger partial charge is 0.480 e. The van der Waals surface area contributed by atoms with Crippen molar-refractivity contribution in [2.45, 2.75) is 39.2 Å². The molecule has 23 heavy (non-hydrogen) atoms. The lowest BCUT2D eigenvalue weighted by Gasteiger charge is -2.16. The van der Waals surface area contributed by atoms with Gasteiger partial charge in [0, 0.05) is 26.1 Å². The highest BCUT2D eigenvalue weighted by molar-refractivity contribution is 5.89. The lowest BCUT2D eigenvalue weighted by Crippen LogP contribution is -2.29. The number of ether oxygens (including phenoxy) is 1. The third-order valence-corrected chi connectivity index (χ3v) is 4.20. The molecule has 1 amide bonds. The summed E-state index contributed by atoms with van der Waals surface area (Å²) in [5, 5.41) is 0.805. The molecule has 2 heterocycles. The molecule has 1 aromatic carbocycles. The van der Waals surface area contributed by atoms with Crippen LogP contribution in [0.3, 0.4) is 0 Å². The molecule has 0 N–H and O–H groups in total. The van der Waals surface area contributed by atoms with Gasteiger partial charge in [0.25, 0.3) is 5.91 Å². The highest BCUT2D eigenvalue weighted by atomic mass is 16.5. The van der Waals surface area contributed by atoms with Gasteiger partial charge in [-0.15, -0.1) is 0 Å². The maximum Gasteiger partial charge on any atom is 0.336 e. The predicted molar refractivity (Wildman–Crippen MR) is 87.9 cm³/mol. The summed E-state index contributed by atoms with van der Waals surface area (Å²) in [6.07, 6.45) is 1.88. The first-order valence-corrected chi connectivity index (χ1v) is 7.98. The molecule has 1 unspecified atom stereocenters. The summed E-state index contributed by atoms with van der Waals surface area (Å²) < 4.78 is 11.4. The standard InChI is InChI=1S/C18H21NO4/c1-4-5-12-10-16(20)23-15-9-11(2)8-14(17(12)15)22-13-6-7-19(3)18(13)21/h8-10,13H,4-7H2,1-3H3. The number of carbonyl (C=O) groups excluding carboxylic acids is 1. The lowest BCUT2D eigenvalue weighted by molar-refractivity contribution is -0.132. The first-order chi connectivity index (χ1) is 11.0. The topological polar surface area (TPSA) is 59.8 Å². The Bertz CT molecular complexity index is 809. The van der Waals surface area contributed by atoms with Crippen molar-refractivity contribution in [3.63, 3.8) is 0 Å². The van der Waals surface area contributed by atoms with E-state index in [1.165, 1.54) is 6.07 Å². The molecule has 0 radical (unpaired) electrons. The molecule has 0 aliphatic carbocycles. The molecule has 5 nitrogen and oxygen atoms in total. The molecule has 1 aromatic heterocycles. The Morgan fingerprint density at radius 2 is 2.09 bits per heavy atom. The van der Waals surface area contributed by atoms with Crippen LogP contribution < -0.4 is 10.4 Å². The monoisotopic (exact) mass is 315 g/mol. The quantitative estimate of drug-likeness (QED) is 0.814. The van der Waals surface area contributed by atoms with Crippen molar-refractivity contribution in [3.05, 3.63) is 39.7 Å². The summed E-state index contributed by atoms with van der Waals surface area (Å²) >= 11 is 0. The fraction of sp³-hybridized carbons (Fsp3) is 0.444. The highest BCUT2D eigenvalue weighted by Gasteiger charge is 2.31. The van der Waals surface area contributed by atoms with Crippen molar-refractivity contribution in [2.75, 3.05) is 13.6 Å². The van der Waals surface area contributed by atoms with Gasteiger partial charge in [-0.3, -0.25) is 4.79 Å². The molecule has 1 saturated heterocycles. The number of benzene rings is 1. The summed E-state index contributed by atoms with van der Waals surface area (Å²) in [6.45, 7) is 4.68. The number of amides is 1. The molecule has 2 aromatic rings. The van der Waals surface area contributed by atoms with Crippen molar-refractivity contribution in [1.82, 2.24) is 4.90 Å². The number of aryl methyl sites for hydroxylation is 2. The molecule has 0 spiro atoms. The van der Waals surface area contributed by atoms with Crippen LogP contribution >= 0.6 is 0 Å². The molecule has 1 aliphatic heterocycles. The van der Waals surface area contributed by atoms with Crippen LogP contribution in [0, 0.1) is 6.92 Å². The zero-order valence-electron chi connectivity index (χ0n) is 13.7. The van der Waals surface area contributed by atoms with E-state index in [0.717, 1.165) is 29.4 Å². The second-order valence-corrected chi connectivity index (χ2v) is 6.13. The average molecular weight is 315 g/mol. The molecule has 5 heteroatoms. The number of fused-ring (bicyclic) bond motifs is 1. The summed E-state index contributed by atoms with van der Waals surface area (Å²) in [5.41, 5.74) is 2.01. The van der Waals surface area contributed by atoms with Crippen LogP contribution in [0.15, 0.2) is 27.4 Å². The first-order valence-electron chi connectivity index (χ1n) is 7.98. The van der Waals surface area contributed by atoms with Crippen LogP contribution in [0.2, 0.25) is 0 Å². The average Bonchev–Trinajstić information content (AvgIpc) is 2.78. The molecule has 1 aliphatic rings. The SMILES string of the molecule is CCCc1cc(=O)oc2cc(C)cc(OC3CCN(C)C3=O)c12. The highest BCUT2D eigenvalue weighted by Crippen LogP contribution is 2.32. The van der Waals surface area contributed by atoms with E-state index in [0.29, 0.717) is 24.3 Å². The maximum absolute atomic E-state index is 12.1. The number of carbonyl (C=O) groups is 1. The van der Waals surface area contributed by atoms with E-state index >= 15 is 0 Å². The van der Waals surface area contributed by atoms with Crippen molar-refractivity contribution in [1.29, 1.82) is 0 Å². The number of hydrogen-bond donors (Lipinski definition) is 0. The summed E-state index contributed by atoms with van der Waals surface area (Å²) in [5.74, 6) is 0.620. The Labute approximate surface area is 134 Å². The summed E-state index contributed by atoms with van der Waals surface area (Å²) in [7, 11) is 1.78. The Morgan fingerprint density at radius 1 is 1.30 bits per heavy atom. The van der Waals surface area contributed by atoms with Crippen molar-refractivity contribution in [2.24, 2.45) is 0 Å². The molecular formula is C18H21NO4. The minimum atomic E-state index is -0.466. The summed E-state index contributed by atoms with van der Waals surface area (Å²) in [4.78, 5) is 25.6.